The van der Waals surface area contributed by atoms with Crippen molar-refractivity contribution in [2.75, 3.05) is 33.3 Å². The Labute approximate surface area is 217 Å². The number of imide groups is 1. The molecule has 0 spiro atoms. The Bertz CT molecular complexity index is 1230. The van der Waals surface area contributed by atoms with E-state index in [1.807, 2.05) is 36.4 Å². The van der Waals surface area contributed by atoms with Gasteiger partial charge in [0.2, 0.25) is 0 Å². The van der Waals surface area contributed by atoms with Gasteiger partial charge < -0.3 is 9.15 Å². The van der Waals surface area contributed by atoms with Gasteiger partial charge in [-0.25, -0.2) is 9.80 Å². The molecule has 5 rings (SSSR count). The molecule has 37 heavy (non-hydrogen) atoms. The van der Waals surface area contributed by atoms with Gasteiger partial charge in [-0.2, -0.15) is 5.10 Å². The van der Waals surface area contributed by atoms with Crippen LogP contribution >= 0.6 is 0 Å². The fourth-order valence-corrected chi connectivity index (χ4v) is 4.88. The van der Waals surface area contributed by atoms with Crippen LogP contribution in [0.15, 0.2) is 76.2 Å². The molecule has 0 unspecified atom stereocenters. The fourth-order valence-electron chi connectivity index (χ4n) is 4.88. The second kappa shape index (κ2) is 11.4. The van der Waals surface area contributed by atoms with Crippen LogP contribution in [0.2, 0.25) is 0 Å². The number of rotatable bonds is 9. The second-order valence-electron chi connectivity index (χ2n) is 9.55. The number of urea groups is 1. The predicted molar refractivity (Wildman–Crippen MR) is 141 cm³/mol. The van der Waals surface area contributed by atoms with Crippen LogP contribution in [0.4, 0.5) is 4.79 Å². The largest absolute Gasteiger partial charge is 0.497 e. The first-order valence-corrected chi connectivity index (χ1v) is 12.8. The van der Waals surface area contributed by atoms with E-state index in [-0.39, 0.29) is 18.5 Å². The lowest BCUT2D eigenvalue weighted by Crippen LogP contribution is -2.36. The van der Waals surface area contributed by atoms with Crippen molar-refractivity contribution in [1.29, 1.82) is 0 Å². The topological polar surface area (TPSA) is 78.6 Å². The molecular formula is C29H32N4O4. The molecule has 2 aliphatic rings. The molecule has 0 radical (unpaired) electrons. The van der Waals surface area contributed by atoms with Crippen LogP contribution in [-0.2, 0) is 11.3 Å². The maximum absolute atomic E-state index is 12.8. The van der Waals surface area contributed by atoms with Crippen LogP contribution in [0.5, 0.6) is 5.75 Å². The van der Waals surface area contributed by atoms with E-state index in [4.69, 9.17) is 9.15 Å². The number of benzene rings is 2. The molecule has 1 aromatic heterocycles. The molecule has 2 aromatic carbocycles. The summed E-state index contributed by atoms with van der Waals surface area (Å²) in [6.45, 7) is 3.45. The van der Waals surface area contributed by atoms with Crippen molar-refractivity contribution in [3.63, 3.8) is 0 Å². The Morgan fingerprint density at radius 3 is 2.49 bits per heavy atom. The minimum absolute atomic E-state index is 0.0447. The lowest BCUT2D eigenvalue weighted by molar-refractivity contribution is -0.125. The normalized spacial score (nSPS) is 17.3. The number of carbonyl (C=O) groups is 2. The lowest BCUT2D eigenvalue weighted by Gasteiger charge is -2.32. The maximum atomic E-state index is 12.8. The summed E-state index contributed by atoms with van der Waals surface area (Å²) in [5, 5.41) is 5.44. The zero-order valence-electron chi connectivity index (χ0n) is 21.1. The third-order valence-corrected chi connectivity index (χ3v) is 7.08. The number of hydrazone groups is 1. The highest BCUT2D eigenvalue weighted by Gasteiger charge is 2.36. The van der Waals surface area contributed by atoms with Gasteiger partial charge in [-0.1, -0.05) is 30.3 Å². The average Bonchev–Trinajstić information content (AvgIpc) is 3.51. The number of methoxy groups -OCH3 is 1. The summed E-state index contributed by atoms with van der Waals surface area (Å²) < 4.78 is 11.0. The van der Waals surface area contributed by atoms with Gasteiger partial charge in [0.15, 0.2) is 0 Å². The number of likely N-dealkylation sites (tertiary alicyclic amines) is 1. The number of hydrogen-bond acceptors (Lipinski definition) is 6. The van der Waals surface area contributed by atoms with Gasteiger partial charge in [0.05, 0.1) is 13.3 Å². The molecule has 2 fully saturated rings. The van der Waals surface area contributed by atoms with Gasteiger partial charge in [-0.3, -0.25) is 14.6 Å². The van der Waals surface area contributed by atoms with Gasteiger partial charge in [0, 0.05) is 18.7 Å². The number of carbonyl (C=O) groups excluding carboxylic acids is 2. The molecule has 3 aromatic rings. The van der Waals surface area contributed by atoms with Crippen molar-refractivity contribution in [2.24, 2.45) is 11.0 Å². The highest BCUT2D eigenvalue weighted by Crippen LogP contribution is 2.25. The van der Waals surface area contributed by atoms with Crippen LogP contribution in [0, 0.1) is 5.92 Å². The molecule has 3 amide bonds. The van der Waals surface area contributed by atoms with E-state index in [0.717, 1.165) is 50.2 Å². The zero-order valence-corrected chi connectivity index (χ0v) is 21.1. The fraction of sp³-hybridized carbons (Fsp3) is 0.345. The van der Waals surface area contributed by atoms with Gasteiger partial charge in [0.25, 0.3) is 5.91 Å². The molecule has 0 saturated carbocycles. The molecule has 8 nitrogen and oxygen atoms in total. The number of amides is 3. The van der Waals surface area contributed by atoms with Crippen molar-refractivity contribution in [3.8, 4) is 17.1 Å². The standard InChI is InChI=1S/C29H32N4O4/c1-36-25-9-7-24(8-10-25)27-12-11-26(37-27)19-30-33-21-28(34)32(29(33)35)18-15-22-13-16-31(17-14-22)20-23-5-3-2-4-6-23/h2-12,19,22H,13-18,20-21H2,1H3/b30-19+. The third-order valence-electron chi connectivity index (χ3n) is 7.08. The van der Waals surface area contributed by atoms with Crippen LogP contribution in [0.25, 0.3) is 11.3 Å². The van der Waals surface area contributed by atoms with Crippen molar-refractivity contribution >= 4 is 18.2 Å². The smallest absolute Gasteiger partial charge is 0.347 e. The van der Waals surface area contributed by atoms with Gasteiger partial charge in [0.1, 0.15) is 23.8 Å². The van der Waals surface area contributed by atoms with Crippen LogP contribution in [0.3, 0.4) is 0 Å². The Balaban J connectivity index is 1.09. The van der Waals surface area contributed by atoms with Crippen LogP contribution < -0.4 is 4.74 Å². The van der Waals surface area contributed by atoms with E-state index < -0.39 is 0 Å². The van der Waals surface area contributed by atoms with Crippen LogP contribution in [-0.4, -0.2) is 66.3 Å². The molecule has 8 heteroatoms. The molecule has 192 valence electrons. The summed E-state index contributed by atoms with van der Waals surface area (Å²) in [5.74, 6) is 2.27. The quantitative estimate of drug-likeness (QED) is 0.310. The molecule has 0 aliphatic carbocycles. The summed E-state index contributed by atoms with van der Waals surface area (Å²) in [5.41, 5.74) is 2.24. The van der Waals surface area contributed by atoms with E-state index in [1.54, 1.807) is 13.2 Å². The minimum atomic E-state index is -0.371. The second-order valence-corrected chi connectivity index (χ2v) is 9.55. The highest BCUT2D eigenvalue weighted by atomic mass is 16.5. The van der Waals surface area contributed by atoms with E-state index in [2.05, 4.69) is 34.3 Å². The van der Waals surface area contributed by atoms with Gasteiger partial charge in [-0.15, -0.1) is 0 Å². The number of ether oxygens (including phenoxy) is 1. The average molecular weight is 501 g/mol. The molecule has 2 aliphatic heterocycles. The summed E-state index contributed by atoms with van der Waals surface area (Å²) in [6.07, 6.45) is 4.47. The summed E-state index contributed by atoms with van der Waals surface area (Å²) >= 11 is 0. The van der Waals surface area contributed by atoms with E-state index >= 15 is 0 Å². The molecule has 0 N–H and O–H groups in total. The molecule has 0 atom stereocenters. The Hall–Kier alpha value is -3.91. The zero-order chi connectivity index (χ0) is 25.6. The van der Waals surface area contributed by atoms with Crippen molar-refractivity contribution in [1.82, 2.24) is 14.8 Å². The van der Waals surface area contributed by atoms with Crippen LogP contribution in [0.1, 0.15) is 30.6 Å². The Morgan fingerprint density at radius 2 is 1.76 bits per heavy atom. The first-order chi connectivity index (χ1) is 18.1. The number of furan rings is 1. The van der Waals surface area contributed by atoms with E-state index in [9.17, 15) is 9.59 Å². The maximum Gasteiger partial charge on any atom is 0.347 e. The van der Waals surface area contributed by atoms with Crippen molar-refractivity contribution < 1.29 is 18.7 Å². The molecule has 0 bridgehead atoms. The number of hydrogen-bond donors (Lipinski definition) is 0. The van der Waals surface area contributed by atoms with E-state index in [0.29, 0.717) is 24.0 Å². The van der Waals surface area contributed by atoms with Gasteiger partial charge in [-0.05, 0) is 80.2 Å². The molecular weight excluding hydrogens is 468 g/mol. The van der Waals surface area contributed by atoms with Crippen molar-refractivity contribution in [3.05, 3.63) is 78.1 Å². The summed E-state index contributed by atoms with van der Waals surface area (Å²) in [4.78, 5) is 29.1. The highest BCUT2D eigenvalue weighted by molar-refractivity contribution is 6.02. The molecule has 3 heterocycles. The third kappa shape index (κ3) is 6.09. The first kappa shape index (κ1) is 24.8. The number of nitrogens with zero attached hydrogens (tertiary/aromatic N) is 4. The minimum Gasteiger partial charge on any atom is -0.497 e. The summed E-state index contributed by atoms with van der Waals surface area (Å²) in [7, 11) is 1.62. The van der Waals surface area contributed by atoms with E-state index in [1.165, 1.54) is 21.7 Å². The Kier molecular flexibility index (Phi) is 7.65. The van der Waals surface area contributed by atoms with Crippen molar-refractivity contribution in [2.45, 2.75) is 25.8 Å². The Morgan fingerprint density at radius 1 is 1.00 bits per heavy atom. The lowest BCUT2D eigenvalue weighted by atomic mass is 9.93. The predicted octanol–water partition coefficient (Wildman–Crippen LogP) is 4.86. The first-order valence-electron chi connectivity index (χ1n) is 12.8. The SMILES string of the molecule is COc1ccc(-c2ccc(/C=N/N3CC(=O)N(CCC4CCN(Cc5ccccc5)CC4)C3=O)o2)cc1. The monoisotopic (exact) mass is 500 g/mol. The van der Waals surface area contributed by atoms with Gasteiger partial charge >= 0.3 is 6.03 Å². The summed E-state index contributed by atoms with van der Waals surface area (Å²) in [6, 6.07) is 21.3. The molecule has 2 saturated heterocycles. The number of piperidine rings is 1.